The van der Waals surface area contributed by atoms with Crippen molar-refractivity contribution in [1.82, 2.24) is 0 Å². The number of rotatable bonds is 4. The van der Waals surface area contributed by atoms with E-state index in [0.29, 0.717) is 16.3 Å². The molecule has 0 fully saturated rings. The summed E-state index contributed by atoms with van der Waals surface area (Å²) in [4.78, 5) is 23.7. The molecule has 1 amide bonds. The summed E-state index contributed by atoms with van der Waals surface area (Å²) < 4.78 is 9.75. The first kappa shape index (κ1) is 17.1. The Balaban J connectivity index is 2.24. The molecule has 5 nitrogen and oxygen atoms in total. The fourth-order valence-electron chi connectivity index (χ4n) is 1.94. The number of hydrogen-bond acceptors (Lipinski definition) is 4. The van der Waals surface area contributed by atoms with Crippen LogP contribution in [0.15, 0.2) is 36.4 Å². The van der Waals surface area contributed by atoms with Gasteiger partial charge in [-0.3, -0.25) is 4.79 Å². The number of carbonyl (C=O) groups is 2. The van der Waals surface area contributed by atoms with Crippen molar-refractivity contribution in [3.63, 3.8) is 0 Å². The van der Waals surface area contributed by atoms with Crippen LogP contribution in [0, 0.1) is 0 Å². The molecule has 0 saturated carbocycles. The fraction of sp³-hybridized carbons (Fsp3) is 0.125. The van der Waals surface area contributed by atoms with E-state index < -0.39 is 11.9 Å². The maximum Gasteiger partial charge on any atom is 0.337 e. The molecule has 0 atom stereocenters. The molecule has 0 aliphatic rings. The minimum Gasteiger partial charge on any atom is -0.494 e. The summed E-state index contributed by atoms with van der Waals surface area (Å²) >= 11 is 11.9. The molecule has 0 radical (unpaired) electrons. The van der Waals surface area contributed by atoms with E-state index in [4.69, 9.17) is 27.9 Å². The van der Waals surface area contributed by atoms with Crippen molar-refractivity contribution in [2.45, 2.75) is 0 Å². The third-order valence-electron chi connectivity index (χ3n) is 3.02. The predicted octanol–water partition coefficient (Wildman–Crippen LogP) is 4.04. The highest BCUT2D eigenvalue weighted by atomic mass is 35.5. The number of benzene rings is 2. The molecule has 7 heteroatoms. The van der Waals surface area contributed by atoms with Crippen LogP contribution in [0.2, 0.25) is 10.0 Å². The van der Waals surface area contributed by atoms with E-state index in [0.717, 1.165) is 0 Å². The molecule has 0 aromatic heterocycles. The third kappa shape index (κ3) is 3.94. The Bertz CT molecular complexity index is 744. The van der Waals surface area contributed by atoms with Gasteiger partial charge in [-0.1, -0.05) is 23.2 Å². The smallest absolute Gasteiger partial charge is 0.337 e. The van der Waals surface area contributed by atoms with Crippen molar-refractivity contribution in [2.75, 3.05) is 19.5 Å². The van der Waals surface area contributed by atoms with Crippen LogP contribution in [-0.4, -0.2) is 26.1 Å². The highest BCUT2D eigenvalue weighted by Gasteiger charge is 2.17. The molecule has 0 spiro atoms. The maximum atomic E-state index is 12.4. The first-order chi connectivity index (χ1) is 11.0. The third-order valence-corrected chi connectivity index (χ3v) is 3.52. The first-order valence-corrected chi connectivity index (χ1v) is 7.24. The first-order valence-electron chi connectivity index (χ1n) is 6.49. The van der Waals surface area contributed by atoms with Gasteiger partial charge in [0.05, 0.1) is 30.4 Å². The molecular weight excluding hydrogens is 341 g/mol. The highest BCUT2D eigenvalue weighted by molar-refractivity contribution is 6.36. The second kappa shape index (κ2) is 7.35. The van der Waals surface area contributed by atoms with Crippen LogP contribution in [0.1, 0.15) is 20.7 Å². The minimum absolute atomic E-state index is 0.210. The molecule has 2 aromatic carbocycles. The molecule has 0 aliphatic carbocycles. The number of amides is 1. The van der Waals surface area contributed by atoms with Gasteiger partial charge in [0, 0.05) is 10.7 Å². The predicted molar refractivity (Wildman–Crippen MR) is 88.7 cm³/mol. The van der Waals surface area contributed by atoms with E-state index >= 15 is 0 Å². The van der Waals surface area contributed by atoms with Gasteiger partial charge in [0.1, 0.15) is 5.75 Å². The summed E-state index contributed by atoms with van der Waals surface area (Å²) in [6, 6.07) is 9.22. The van der Waals surface area contributed by atoms with Crippen LogP contribution in [-0.2, 0) is 4.74 Å². The van der Waals surface area contributed by atoms with Crippen LogP contribution in [0.3, 0.4) is 0 Å². The van der Waals surface area contributed by atoms with E-state index in [-0.39, 0.29) is 16.3 Å². The molecule has 0 bridgehead atoms. The Morgan fingerprint density at radius 2 is 1.70 bits per heavy atom. The Labute approximate surface area is 143 Å². The lowest BCUT2D eigenvalue weighted by Crippen LogP contribution is -2.13. The molecule has 120 valence electrons. The van der Waals surface area contributed by atoms with Crippen LogP contribution in [0.25, 0.3) is 0 Å². The number of hydrogen-bond donors (Lipinski definition) is 1. The van der Waals surface area contributed by atoms with Crippen LogP contribution < -0.4 is 10.1 Å². The summed E-state index contributed by atoms with van der Waals surface area (Å²) in [5.74, 6) is -0.650. The van der Waals surface area contributed by atoms with Crippen LogP contribution in [0.5, 0.6) is 5.75 Å². The van der Waals surface area contributed by atoms with Gasteiger partial charge in [-0.2, -0.15) is 0 Å². The van der Waals surface area contributed by atoms with E-state index in [9.17, 15) is 9.59 Å². The number of methoxy groups -OCH3 is 2. The van der Waals surface area contributed by atoms with Crippen LogP contribution in [0.4, 0.5) is 5.69 Å². The second-order valence-corrected chi connectivity index (χ2v) is 5.34. The average Bonchev–Trinajstić information content (AvgIpc) is 2.54. The highest BCUT2D eigenvalue weighted by Crippen LogP contribution is 2.32. The Kier molecular flexibility index (Phi) is 5.47. The number of ether oxygens (including phenoxy) is 2. The Hall–Kier alpha value is -2.24. The lowest BCUT2D eigenvalue weighted by molar-refractivity contribution is 0.0600. The lowest BCUT2D eigenvalue weighted by Gasteiger charge is -2.11. The van der Waals surface area contributed by atoms with Gasteiger partial charge >= 0.3 is 5.97 Å². The summed E-state index contributed by atoms with van der Waals surface area (Å²) in [7, 11) is 2.71. The zero-order valence-corrected chi connectivity index (χ0v) is 13.9. The lowest BCUT2D eigenvalue weighted by atomic mass is 10.1. The number of carbonyl (C=O) groups excluding carboxylic acids is 2. The normalized spacial score (nSPS) is 10.1. The number of nitrogens with one attached hydrogen (secondary N) is 1. The molecule has 1 N–H and O–H groups in total. The molecular formula is C16H13Cl2NO4. The Morgan fingerprint density at radius 3 is 2.26 bits per heavy atom. The van der Waals surface area contributed by atoms with Gasteiger partial charge in [0.15, 0.2) is 0 Å². The SMILES string of the molecule is COC(=O)c1ccc(NC(=O)c2cc(Cl)cc(Cl)c2OC)cc1. The van der Waals surface area contributed by atoms with Crippen molar-refractivity contribution in [3.8, 4) is 5.75 Å². The van der Waals surface area contributed by atoms with Gasteiger partial charge in [-0.05, 0) is 36.4 Å². The molecule has 23 heavy (non-hydrogen) atoms. The molecule has 0 heterocycles. The van der Waals surface area contributed by atoms with Crippen LogP contribution >= 0.6 is 23.2 Å². The molecule has 2 aromatic rings. The standard InChI is InChI=1S/C16H13Cl2NO4/c1-22-14-12(7-10(17)8-13(14)18)15(20)19-11-5-3-9(4-6-11)16(21)23-2/h3-8H,1-2H3,(H,19,20). The van der Waals surface area contributed by atoms with Crippen molar-refractivity contribution in [3.05, 3.63) is 57.6 Å². The maximum absolute atomic E-state index is 12.4. The zero-order valence-electron chi connectivity index (χ0n) is 12.4. The van der Waals surface area contributed by atoms with Crippen molar-refractivity contribution in [1.29, 1.82) is 0 Å². The van der Waals surface area contributed by atoms with E-state index in [1.165, 1.54) is 26.4 Å². The van der Waals surface area contributed by atoms with E-state index in [2.05, 4.69) is 10.1 Å². The summed E-state index contributed by atoms with van der Waals surface area (Å²) in [6.07, 6.45) is 0. The minimum atomic E-state index is -0.453. The Morgan fingerprint density at radius 1 is 1.04 bits per heavy atom. The fourth-order valence-corrected chi connectivity index (χ4v) is 2.51. The summed E-state index contributed by atoms with van der Waals surface area (Å²) in [6.45, 7) is 0. The van der Waals surface area contributed by atoms with Gasteiger partial charge in [0.25, 0.3) is 5.91 Å². The number of halogens is 2. The van der Waals surface area contributed by atoms with Crippen molar-refractivity contribution in [2.24, 2.45) is 0 Å². The van der Waals surface area contributed by atoms with Gasteiger partial charge < -0.3 is 14.8 Å². The van der Waals surface area contributed by atoms with Gasteiger partial charge in [0.2, 0.25) is 0 Å². The van der Waals surface area contributed by atoms with Gasteiger partial charge in [-0.25, -0.2) is 4.79 Å². The largest absolute Gasteiger partial charge is 0.494 e. The van der Waals surface area contributed by atoms with E-state index in [1.807, 2.05) is 0 Å². The van der Waals surface area contributed by atoms with E-state index in [1.54, 1.807) is 24.3 Å². The van der Waals surface area contributed by atoms with Crippen molar-refractivity contribution >= 4 is 40.8 Å². The summed E-state index contributed by atoms with van der Waals surface area (Å²) in [5.41, 5.74) is 1.09. The monoisotopic (exact) mass is 353 g/mol. The van der Waals surface area contributed by atoms with Crippen molar-refractivity contribution < 1.29 is 19.1 Å². The average molecular weight is 354 g/mol. The zero-order chi connectivity index (χ0) is 17.0. The summed E-state index contributed by atoms with van der Waals surface area (Å²) in [5, 5.41) is 3.25. The molecule has 0 aliphatic heterocycles. The quantitative estimate of drug-likeness (QED) is 0.842. The second-order valence-electron chi connectivity index (χ2n) is 4.49. The number of anilines is 1. The number of esters is 1. The van der Waals surface area contributed by atoms with Gasteiger partial charge in [-0.15, -0.1) is 0 Å². The molecule has 0 saturated heterocycles. The molecule has 2 rings (SSSR count). The topological polar surface area (TPSA) is 64.6 Å². The molecule has 0 unspecified atom stereocenters.